The van der Waals surface area contributed by atoms with E-state index in [0.29, 0.717) is 25.6 Å². The number of ether oxygens (including phenoxy) is 1. The molecule has 0 radical (unpaired) electrons. The van der Waals surface area contributed by atoms with Crippen molar-refractivity contribution in [2.24, 2.45) is 13.0 Å². The lowest BCUT2D eigenvalue weighted by molar-refractivity contribution is 0.0257. The molecule has 130 valence electrons. The van der Waals surface area contributed by atoms with E-state index >= 15 is 0 Å². The molecule has 0 unspecified atom stereocenters. The van der Waals surface area contributed by atoms with E-state index in [0.717, 1.165) is 5.69 Å². The zero-order valence-corrected chi connectivity index (χ0v) is 14.4. The minimum atomic E-state index is -3.66. The van der Waals surface area contributed by atoms with Gasteiger partial charge in [0.05, 0.1) is 31.2 Å². The number of hydrogen-bond donors (Lipinski definition) is 0. The highest BCUT2D eigenvalue weighted by Crippen LogP contribution is 2.30. The van der Waals surface area contributed by atoms with Crippen molar-refractivity contribution in [2.75, 3.05) is 13.2 Å². The summed E-state index contributed by atoms with van der Waals surface area (Å²) in [6.07, 6.45) is 6.92. The van der Waals surface area contributed by atoms with E-state index in [-0.39, 0.29) is 17.7 Å². The van der Waals surface area contributed by atoms with Crippen LogP contribution in [0, 0.1) is 5.92 Å². The van der Waals surface area contributed by atoms with E-state index in [1.54, 1.807) is 17.8 Å². The Kier molecular flexibility index (Phi) is 3.93. The first kappa shape index (κ1) is 15.8. The maximum absolute atomic E-state index is 12.9. The van der Waals surface area contributed by atoms with Crippen molar-refractivity contribution >= 4 is 10.0 Å². The van der Waals surface area contributed by atoms with Crippen LogP contribution in [0.15, 0.2) is 29.8 Å². The second-order valence-corrected chi connectivity index (χ2v) is 8.46. The van der Waals surface area contributed by atoms with E-state index < -0.39 is 10.0 Å². The molecule has 2 aliphatic rings. The van der Waals surface area contributed by atoms with Crippen molar-refractivity contribution in [1.82, 2.24) is 23.6 Å². The van der Waals surface area contributed by atoms with E-state index in [4.69, 9.17) is 4.74 Å². The Balaban J connectivity index is 1.60. The molecule has 1 atom stereocenters. The van der Waals surface area contributed by atoms with Crippen LogP contribution in [0.4, 0.5) is 0 Å². The lowest BCUT2D eigenvalue weighted by atomic mass is 10.3. The second kappa shape index (κ2) is 5.98. The van der Waals surface area contributed by atoms with Crippen LogP contribution >= 0.6 is 0 Å². The summed E-state index contributed by atoms with van der Waals surface area (Å²) in [6.45, 7) is 1.86. The van der Waals surface area contributed by atoms with Crippen LogP contribution in [0.1, 0.15) is 18.5 Å². The van der Waals surface area contributed by atoms with Gasteiger partial charge in [0.1, 0.15) is 0 Å². The minimum absolute atomic E-state index is 0.0684. The molecule has 9 heteroatoms. The van der Waals surface area contributed by atoms with E-state index in [1.165, 1.54) is 29.7 Å². The summed E-state index contributed by atoms with van der Waals surface area (Å²) in [5, 5.41) is 4.37. The van der Waals surface area contributed by atoms with Crippen molar-refractivity contribution in [2.45, 2.75) is 37.1 Å². The molecule has 4 rings (SSSR count). The molecule has 1 aliphatic heterocycles. The van der Waals surface area contributed by atoms with Gasteiger partial charge in [-0.1, -0.05) is 0 Å². The molecule has 2 aromatic rings. The Labute approximate surface area is 141 Å². The summed E-state index contributed by atoms with van der Waals surface area (Å²) < 4.78 is 36.8. The molecule has 2 aromatic heterocycles. The Morgan fingerprint density at radius 2 is 2.17 bits per heavy atom. The first-order chi connectivity index (χ1) is 11.5. The maximum atomic E-state index is 12.9. The number of fused-ring (bicyclic) bond motifs is 1. The topological polar surface area (TPSA) is 82.3 Å². The van der Waals surface area contributed by atoms with Crippen LogP contribution < -0.4 is 0 Å². The van der Waals surface area contributed by atoms with Crippen molar-refractivity contribution in [3.63, 3.8) is 0 Å². The Morgan fingerprint density at radius 1 is 1.33 bits per heavy atom. The van der Waals surface area contributed by atoms with Gasteiger partial charge in [-0.15, -0.1) is 0 Å². The summed E-state index contributed by atoms with van der Waals surface area (Å²) in [5.41, 5.74) is 0.868. The van der Waals surface area contributed by atoms with E-state index in [2.05, 4.69) is 10.1 Å². The molecule has 1 saturated carbocycles. The number of sulfonamides is 1. The number of imidazole rings is 1. The lowest BCUT2D eigenvalue weighted by Crippen LogP contribution is -2.37. The summed E-state index contributed by atoms with van der Waals surface area (Å²) in [7, 11) is -1.91. The molecule has 8 nitrogen and oxygen atoms in total. The summed E-state index contributed by atoms with van der Waals surface area (Å²) in [6, 6.07) is 1.85. The molecule has 0 N–H and O–H groups in total. The summed E-state index contributed by atoms with van der Waals surface area (Å²) in [4.78, 5) is 4.02. The van der Waals surface area contributed by atoms with Gasteiger partial charge in [-0.3, -0.25) is 4.68 Å². The molecule has 0 aromatic carbocycles. The van der Waals surface area contributed by atoms with Gasteiger partial charge >= 0.3 is 0 Å². The van der Waals surface area contributed by atoms with Crippen molar-refractivity contribution in [3.05, 3.63) is 30.5 Å². The van der Waals surface area contributed by atoms with Gasteiger partial charge in [0.25, 0.3) is 10.0 Å². The van der Waals surface area contributed by atoms with Crippen molar-refractivity contribution < 1.29 is 13.2 Å². The Bertz CT molecular complexity index is 824. The van der Waals surface area contributed by atoms with Gasteiger partial charge in [-0.2, -0.15) is 9.40 Å². The molecule has 0 bridgehead atoms. The van der Waals surface area contributed by atoms with Gasteiger partial charge in [-0.05, 0) is 24.8 Å². The largest absolute Gasteiger partial charge is 0.375 e. The quantitative estimate of drug-likeness (QED) is 0.788. The highest BCUT2D eigenvalue weighted by molar-refractivity contribution is 7.89. The smallest absolute Gasteiger partial charge is 0.262 e. The predicted molar refractivity (Wildman–Crippen MR) is 85.5 cm³/mol. The van der Waals surface area contributed by atoms with E-state index in [1.807, 2.05) is 10.7 Å². The van der Waals surface area contributed by atoms with Gasteiger partial charge in [0.2, 0.25) is 0 Å². The highest BCUT2D eigenvalue weighted by Gasteiger charge is 2.34. The second-order valence-electron chi connectivity index (χ2n) is 6.58. The Hall–Kier alpha value is -1.71. The molecule has 0 saturated heterocycles. The molecule has 24 heavy (non-hydrogen) atoms. The predicted octanol–water partition coefficient (Wildman–Crippen LogP) is 0.616. The number of nitrogens with zero attached hydrogens (tertiary/aromatic N) is 5. The fourth-order valence-corrected chi connectivity index (χ4v) is 4.29. The number of aromatic nitrogens is 4. The average molecular weight is 351 g/mol. The monoisotopic (exact) mass is 351 g/mol. The SMILES string of the molecule is Cn1cnc(S(=O)(=O)N2Cc3ccnn3C[C@H](OCC3CC3)C2)c1. The van der Waals surface area contributed by atoms with Crippen LogP contribution in [0.3, 0.4) is 0 Å². The molecule has 0 spiro atoms. The summed E-state index contributed by atoms with van der Waals surface area (Å²) >= 11 is 0. The van der Waals surface area contributed by atoms with Crippen LogP contribution in [0.5, 0.6) is 0 Å². The minimum Gasteiger partial charge on any atom is -0.375 e. The first-order valence-corrected chi connectivity index (χ1v) is 9.57. The fourth-order valence-electron chi connectivity index (χ4n) is 2.88. The third kappa shape index (κ3) is 3.11. The Morgan fingerprint density at radius 3 is 2.88 bits per heavy atom. The molecular formula is C15H21N5O3S. The van der Waals surface area contributed by atoms with Crippen LogP contribution in [-0.4, -0.2) is 51.3 Å². The number of rotatable bonds is 5. The molecule has 1 aliphatic carbocycles. The standard InChI is InChI=1S/C15H21N5O3S/c1-18-9-15(16-11-18)24(21,22)19-6-13-4-5-17-20(13)8-14(7-19)23-10-12-2-3-12/h4-5,9,11-12,14H,2-3,6-8,10H2,1H3/t14-/m1/s1. The normalized spacial score (nSPS) is 22.3. The zero-order valence-electron chi connectivity index (χ0n) is 13.6. The number of hydrogen-bond acceptors (Lipinski definition) is 5. The molecular weight excluding hydrogens is 330 g/mol. The van der Waals surface area contributed by atoms with Crippen LogP contribution in [0.2, 0.25) is 0 Å². The fraction of sp³-hybridized carbons (Fsp3) is 0.600. The van der Waals surface area contributed by atoms with Gasteiger partial charge in [-0.25, -0.2) is 13.4 Å². The van der Waals surface area contributed by atoms with Gasteiger partial charge in [0.15, 0.2) is 5.03 Å². The highest BCUT2D eigenvalue weighted by atomic mass is 32.2. The first-order valence-electron chi connectivity index (χ1n) is 8.13. The molecule has 0 amide bonds. The lowest BCUT2D eigenvalue weighted by Gasteiger charge is -2.23. The third-order valence-electron chi connectivity index (χ3n) is 4.48. The summed E-state index contributed by atoms with van der Waals surface area (Å²) in [5.74, 6) is 0.631. The van der Waals surface area contributed by atoms with Crippen molar-refractivity contribution in [1.29, 1.82) is 0 Å². The van der Waals surface area contributed by atoms with Gasteiger partial charge in [0, 0.05) is 32.6 Å². The van der Waals surface area contributed by atoms with Gasteiger partial charge < -0.3 is 9.30 Å². The molecule has 3 heterocycles. The van der Waals surface area contributed by atoms with Crippen LogP contribution in [0.25, 0.3) is 0 Å². The van der Waals surface area contributed by atoms with Crippen LogP contribution in [-0.2, 0) is 34.9 Å². The number of aryl methyl sites for hydroxylation is 1. The zero-order chi connectivity index (χ0) is 16.7. The molecule has 1 fully saturated rings. The third-order valence-corrected chi connectivity index (χ3v) is 6.17. The van der Waals surface area contributed by atoms with E-state index in [9.17, 15) is 8.42 Å². The van der Waals surface area contributed by atoms with Crippen molar-refractivity contribution in [3.8, 4) is 0 Å². The maximum Gasteiger partial charge on any atom is 0.262 e. The average Bonchev–Trinajstić information content (AvgIpc) is 3.17.